The lowest BCUT2D eigenvalue weighted by atomic mass is 10.3. The van der Waals surface area contributed by atoms with Crippen LogP contribution in [0, 0.1) is 5.82 Å². The number of nitrogens with zero attached hydrogens (tertiary/aromatic N) is 1. The molecular formula is C17H17F3N2O3. The summed E-state index contributed by atoms with van der Waals surface area (Å²) in [5.74, 6) is -0.355. The molecule has 0 unspecified atom stereocenters. The van der Waals surface area contributed by atoms with Crippen LogP contribution < -0.4 is 14.8 Å². The lowest BCUT2D eigenvalue weighted by Gasteiger charge is -2.18. The summed E-state index contributed by atoms with van der Waals surface area (Å²) in [6.07, 6.45) is 0. The number of likely N-dealkylation sites (N-methyl/N-ethyl adjacent to an activating group) is 1. The van der Waals surface area contributed by atoms with Gasteiger partial charge in [-0.3, -0.25) is 0 Å². The Morgan fingerprint density at radius 3 is 2.48 bits per heavy atom. The van der Waals surface area contributed by atoms with Gasteiger partial charge in [0.2, 0.25) is 0 Å². The Labute approximate surface area is 143 Å². The number of halogens is 3. The third kappa shape index (κ3) is 5.91. The molecule has 0 fully saturated rings. The zero-order valence-corrected chi connectivity index (χ0v) is 13.4. The number of nitrogens with one attached hydrogen (secondary N) is 1. The van der Waals surface area contributed by atoms with E-state index in [1.807, 2.05) is 0 Å². The van der Waals surface area contributed by atoms with Crippen molar-refractivity contribution in [3.8, 4) is 11.5 Å². The molecule has 0 saturated carbocycles. The molecule has 0 spiro atoms. The van der Waals surface area contributed by atoms with Crippen molar-refractivity contribution in [3.63, 3.8) is 0 Å². The first-order valence-electron chi connectivity index (χ1n) is 7.40. The van der Waals surface area contributed by atoms with Crippen LogP contribution in [-0.2, 0) is 0 Å². The highest BCUT2D eigenvalue weighted by Gasteiger charge is 2.10. The number of amides is 2. The fourth-order valence-electron chi connectivity index (χ4n) is 1.89. The van der Waals surface area contributed by atoms with Crippen molar-refractivity contribution in [2.24, 2.45) is 0 Å². The van der Waals surface area contributed by atoms with E-state index in [9.17, 15) is 18.0 Å². The van der Waals surface area contributed by atoms with E-state index in [0.29, 0.717) is 5.69 Å². The van der Waals surface area contributed by atoms with Crippen LogP contribution in [0.4, 0.5) is 23.7 Å². The normalized spacial score (nSPS) is 10.4. The van der Waals surface area contributed by atoms with Gasteiger partial charge in [0.25, 0.3) is 0 Å². The largest absolute Gasteiger partial charge is 0.489 e. The lowest BCUT2D eigenvalue weighted by molar-refractivity contribution is -0.0498. The van der Waals surface area contributed by atoms with E-state index >= 15 is 0 Å². The Hall–Kier alpha value is -2.90. The number of ether oxygens (including phenoxy) is 2. The Kier molecular flexibility index (Phi) is 6.50. The molecular weight excluding hydrogens is 337 g/mol. The molecule has 0 aliphatic carbocycles. The molecule has 8 heteroatoms. The standard InChI is InChI=1S/C17H17F3N2O3/c1-22(10-11-24-15-5-3-2-4-14(15)18)17(23)21-12-6-8-13(9-7-12)25-16(19)20/h2-9,16H,10-11H2,1H3,(H,21,23). The van der Waals surface area contributed by atoms with E-state index < -0.39 is 18.5 Å². The molecule has 0 aliphatic heterocycles. The minimum atomic E-state index is -2.90. The van der Waals surface area contributed by atoms with Crippen LogP contribution >= 0.6 is 0 Å². The molecule has 2 rings (SSSR count). The second kappa shape index (κ2) is 8.81. The van der Waals surface area contributed by atoms with E-state index in [2.05, 4.69) is 10.1 Å². The number of anilines is 1. The summed E-state index contributed by atoms with van der Waals surface area (Å²) in [6, 6.07) is 11.1. The fourth-order valence-corrected chi connectivity index (χ4v) is 1.89. The summed E-state index contributed by atoms with van der Waals surface area (Å²) >= 11 is 0. The number of carbonyl (C=O) groups is 1. The number of hydrogen-bond donors (Lipinski definition) is 1. The van der Waals surface area contributed by atoms with Gasteiger partial charge in [0.05, 0.1) is 6.54 Å². The highest BCUT2D eigenvalue weighted by Crippen LogP contribution is 2.18. The SMILES string of the molecule is CN(CCOc1ccccc1F)C(=O)Nc1ccc(OC(F)F)cc1. The number of para-hydroxylation sites is 1. The number of urea groups is 1. The zero-order chi connectivity index (χ0) is 18.2. The van der Waals surface area contributed by atoms with E-state index in [4.69, 9.17) is 4.74 Å². The predicted molar refractivity (Wildman–Crippen MR) is 86.6 cm³/mol. The van der Waals surface area contributed by atoms with Gasteiger partial charge < -0.3 is 19.7 Å². The van der Waals surface area contributed by atoms with Crippen molar-refractivity contribution >= 4 is 11.7 Å². The van der Waals surface area contributed by atoms with E-state index in [-0.39, 0.29) is 24.7 Å². The zero-order valence-electron chi connectivity index (χ0n) is 13.4. The molecule has 0 saturated heterocycles. The van der Waals surface area contributed by atoms with Gasteiger partial charge in [0.15, 0.2) is 11.6 Å². The smallest absolute Gasteiger partial charge is 0.387 e. The number of carbonyl (C=O) groups excluding carboxylic acids is 1. The highest BCUT2D eigenvalue weighted by atomic mass is 19.3. The van der Waals surface area contributed by atoms with Crippen LogP contribution in [-0.4, -0.2) is 37.7 Å². The minimum Gasteiger partial charge on any atom is -0.489 e. The second-order valence-corrected chi connectivity index (χ2v) is 5.03. The number of hydrogen-bond acceptors (Lipinski definition) is 3. The van der Waals surface area contributed by atoms with Crippen molar-refractivity contribution in [2.75, 3.05) is 25.5 Å². The first kappa shape index (κ1) is 18.4. The molecule has 0 aromatic heterocycles. The monoisotopic (exact) mass is 354 g/mol. The Morgan fingerprint density at radius 2 is 1.84 bits per heavy atom. The summed E-state index contributed by atoms with van der Waals surface area (Å²) in [5.41, 5.74) is 0.425. The Morgan fingerprint density at radius 1 is 1.16 bits per heavy atom. The van der Waals surface area contributed by atoms with E-state index in [1.54, 1.807) is 19.2 Å². The topological polar surface area (TPSA) is 50.8 Å². The van der Waals surface area contributed by atoms with Crippen LogP contribution in [0.2, 0.25) is 0 Å². The molecule has 0 bridgehead atoms. The van der Waals surface area contributed by atoms with Gasteiger partial charge in [-0.1, -0.05) is 12.1 Å². The molecule has 0 aliphatic rings. The predicted octanol–water partition coefficient (Wildman–Crippen LogP) is 3.97. The van der Waals surface area contributed by atoms with Gasteiger partial charge in [-0.15, -0.1) is 0 Å². The van der Waals surface area contributed by atoms with Gasteiger partial charge >= 0.3 is 12.6 Å². The van der Waals surface area contributed by atoms with Crippen LogP contribution in [0.25, 0.3) is 0 Å². The average Bonchev–Trinajstić information content (AvgIpc) is 2.57. The van der Waals surface area contributed by atoms with Crippen molar-refractivity contribution in [3.05, 3.63) is 54.3 Å². The van der Waals surface area contributed by atoms with Crippen LogP contribution in [0.1, 0.15) is 0 Å². The van der Waals surface area contributed by atoms with Gasteiger partial charge in [0.1, 0.15) is 12.4 Å². The van der Waals surface area contributed by atoms with Crippen molar-refractivity contribution in [1.82, 2.24) is 4.90 Å². The maximum atomic E-state index is 13.4. The highest BCUT2D eigenvalue weighted by molar-refractivity contribution is 5.89. The summed E-state index contributed by atoms with van der Waals surface area (Å²) < 4.78 is 47.0. The average molecular weight is 354 g/mol. The Bertz CT molecular complexity index is 696. The molecule has 2 aromatic carbocycles. The quantitative estimate of drug-likeness (QED) is 0.819. The minimum absolute atomic E-state index is 0.000332. The first-order chi connectivity index (χ1) is 12.0. The van der Waals surface area contributed by atoms with Gasteiger partial charge in [-0.05, 0) is 36.4 Å². The third-order valence-corrected chi connectivity index (χ3v) is 3.20. The molecule has 1 N–H and O–H groups in total. The second-order valence-electron chi connectivity index (χ2n) is 5.03. The Balaban J connectivity index is 1.79. The molecule has 2 amide bonds. The van der Waals surface area contributed by atoms with Crippen LogP contribution in [0.3, 0.4) is 0 Å². The van der Waals surface area contributed by atoms with Crippen molar-refractivity contribution < 1.29 is 27.4 Å². The van der Waals surface area contributed by atoms with Gasteiger partial charge in [0, 0.05) is 12.7 Å². The number of rotatable bonds is 7. The van der Waals surface area contributed by atoms with Crippen LogP contribution in [0.5, 0.6) is 11.5 Å². The first-order valence-corrected chi connectivity index (χ1v) is 7.40. The maximum absolute atomic E-state index is 13.4. The molecule has 5 nitrogen and oxygen atoms in total. The van der Waals surface area contributed by atoms with E-state index in [0.717, 1.165) is 0 Å². The molecule has 0 heterocycles. The number of benzene rings is 2. The molecule has 0 atom stereocenters. The van der Waals surface area contributed by atoms with Crippen molar-refractivity contribution in [2.45, 2.75) is 6.61 Å². The lowest BCUT2D eigenvalue weighted by Crippen LogP contribution is -2.34. The summed E-state index contributed by atoms with van der Waals surface area (Å²) in [6.45, 7) is -2.56. The van der Waals surface area contributed by atoms with Crippen LogP contribution in [0.15, 0.2) is 48.5 Å². The van der Waals surface area contributed by atoms with Gasteiger partial charge in [-0.2, -0.15) is 8.78 Å². The third-order valence-electron chi connectivity index (χ3n) is 3.20. The van der Waals surface area contributed by atoms with E-state index in [1.165, 1.54) is 41.3 Å². The molecule has 134 valence electrons. The van der Waals surface area contributed by atoms with Crippen molar-refractivity contribution in [1.29, 1.82) is 0 Å². The molecule has 25 heavy (non-hydrogen) atoms. The summed E-state index contributed by atoms with van der Waals surface area (Å²) in [5, 5.41) is 2.60. The molecule has 2 aromatic rings. The summed E-state index contributed by atoms with van der Waals surface area (Å²) in [7, 11) is 1.55. The summed E-state index contributed by atoms with van der Waals surface area (Å²) in [4.78, 5) is 13.4. The molecule has 0 radical (unpaired) electrons. The van der Waals surface area contributed by atoms with Gasteiger partial charge in [-0.25, -0.2) is 9.18 Å². The maximum Gasteiger partial charge on any atom is 0.387 e. The fraction of sp³-hybridized carbons (Fsp3) is 0.235. The number of alkyl halides is 2.